The Morgan fingerprint density at radius 3 is 2.56 bits per heavy atom. The SMILES string of the molecule is CC(=O)O[C@H]1CC[C@H]2[C@H](CCC(=O)CI)[C@@H]([C@]3(C)CC(=O)OO3)CC[C@]12C. The first-order valence-electron chi connectivity index (χ1n) is 9.83. The van der Waals surface area contributed by atoms with Crippen molar-refractivity contribution in [3.8, 4) is 0 Å². The third-order valence-electron chi connectivity index (χ3n) is 7.17. The lowest BCUT2D eigenvalue weighted by atomic mass is 9.55. The molecule has 1 aliphatic heterocycles. The highest BCUT2D eigenvalue weighted by atomic mass is 127. The van der Waals surface area contributed by atoms with Crippen LogP contribution in [0.15, 0.2) is 0 Å². The van der Waals surface area contributed by atoms with E-state index in [9.17, 15) is 14.4 Å². The second kappa shape index (κ2) is 7.97. The Hall–Kier alpha value is -0.700. The molecule has 0 aromatic rings. The topological polar surface area (TPSA) is 78.9 Å². The van der Waals surface area contributed by atoms with Crippen molar-refractivity contribution in [3.05, 3.63) is 0 Å². The van der Waals surface area contributed by atoms with Gasteiger partial charge in [-0.3, -0.25) is 14.5 Å². The molecule has 0 bridgehead atoms. The van der Waals surface area contributed by atoms with Gasteiger partial charge in [-0.25, -0.2) is 4.79 Å². The zero-order valence-corrected chi connectivity index (χ0v) is 18.5. The molecule has 3 aliphatic rings. The molecule has 0 spiro atoms. The second-order valence-electron chi connectivity index (χ2n) is 8.84. The molecule has 0 aromatic heterocycles. The van der Waals surface area contributed by atoms with Gasteiger partial charge in [0.15, 0.2) is 0 Å². The van der Waals surface area contributed by atoms with E-state index in [-0.39, 0.29) is 47.5 Å². The fourth-order valence-electron chi connectivity index (χ4n) is 5.87. The summed E-state index contributed by atoms with van der Waals surface area (Å²) < 4.78 is 6.18. The van der Waals surface area contributed by atoms with Crippen LogP contribution in [0.5, 0.6) is 0 Å². The number of carbonyl (C=O) groups excluding carboxylic acids is 3. The minimum atomic E-state index is -0.643. The van der Waals surface area contributed by atoms with Gasteiger partial charge in [0.2, 0.25) is 0 Å². The van der Waals surface area contributed by atoms with Crippen molar-refractivity contribution in [1.29, 1.82) is 0 Å². The summed E-state index contributed by atoms with van der Waals surface area (Å²) in [6.45, 7) is 5.65. The van der Waals surface area contributed by atoms with Crippen LogP contribution in [0.25, 0.3) is 0 Å². The van der Waals surface area contributed by atoms with Crippen molar-refractivity contribution >= 4 is 40.3 Å². The number of esters is 1. The van der Waals surface area contributed by atoms with Gasteiger partial charge < -0.3 is 4.74 Å². The number of fused-ring (bicyclic) bond motifs is 1. The molecule has 6 nitrogen and oxygen atoms in total. The van der Waals surface area contributed by atoms with Crippen molar-refractivity contribution in [2.75, 3.05) is 4.43 Å². The lowest BCUT2D eigenvalue weighted by molar-refractivity contribution is -0.310. The Morgan fingerprint density at radius 1 is 1.22 bits per heavy atom. The van der Waals surface area contributed by atoms with Gasteiger partial charge in [0.05, 0.1) is 10.8 Å². The molecule has 7 heteroatoms. The van der Waals surface area contributed by atoms with Crippen LogP contribution >= 0.6 is 22.6 Å². The quantitative estimate of drug-likeness (QED) is 0.243. The maximum atomic E-state index is 12.0. The van der Waals surface area contributed by atoms with E-state index in [2.05, 4.69) is 29.5 Å². The molecule has 1 heterocycles. The van der Waals surface area contributed by atoms with E-state index in [4.69, 9.17) is 14.5 Å². The number of ether oxygens (including phenoxy) is 1. The number of ketones is 1. The normalized spacial score (nSPS) is 41.1. The predicted octanol–water partition coefficient (Wildman–Crippen LogP) is 3.78. The van der Waals surface area contributed by atoms with Gasteiger partial charge in [0, 0.05) is 18.8 Å². The summed E-state index contributed by atoms with van der Waals surface area (Å²) in [5.74, 6) is 0.443. The Kier molecular flexibility index (Phi) is 6.20. The van der Waals surface area contributed by atoms with Crippen LogP contribution in [-0.4, -0.2) is 33.9 Å². The third kappa shape index (κ3) is 4.04. The van der Waals surface area contributed by atoms with E-state index in [0.29, 0.717) is 16.8 Å². The Labute approximate surface area is 174 Å². The molecule has 0 aromatic carbocycles. The van der Waals surface area contributed by atoms with Gasteiger partial charge >= 0.3 is 11.9 Å². The monoisotopic (exact) mass is 492 g/mol. The van der Waals surface area contributed by atoms with E-state index in [1.165, 1.54) is 6.92 Å². The largest absolute Gasteiger partial charge is 0.462 e. The molecule has 3 fully saturated rings. The molecule has 0 unspecified atom stereocenters. The number of carbonyl (C=O) groups is 3. The number of hydrogen-bond acceptors (Lipinski definition) is 6. The van der Waals surface area contributed by atoms with Crippen LogP contribution in [0.3, 0.4) is 0 Å². The van der Waals surface area contributed by atoms with Crippen molar-refractivity contribution < 1.29 is 28.9 Å². The summed E-state index contributed by atoms with van der Waals surface area (Å²) in [6.07, 6.45) is 5.14. The third-order valence-corrected chi connectivity index (χ3v) is 8.02. The van der Waals surface area contributed by atoms with Crippen molar-refractivity contribution in [3.63, 3.8) is 0 Å². The van der Waals surface area contributed by atoms with Gasteiger partial charge in [-0.2, -0.15) is 4.89 Å². The first kappa shape index (κ1) is 21.0. The average Bonchev–Trinajstić information content (AvgIpc) is 3.12. The van der Waals surface area contributed by atoms with E-state index < -0.39 is 5.60 Å². The van der Waals surface area contributed by atoms with Crippen molar-refractivity contribution in [2.45, 2.75) is 77.4 Å². The number of rotatable bonds is 6. The predicted molar refractivity (Wildman–Crippen MR) is 106 cm³/mol. The van der Waals surface area contributed by atoms with Crippen LogP contribution in [-0.2, 0) is 28.9 Å². The molecule has 152 valence electrons. The number of halogens is 1. The lowest BCUT2D eigenvalue weighted by Crippen LogP contribution is -2.50. The lowest BCUT2D eigenvalue weighted by Gasteiger charge is -2.51. The van der Waals surface area contributed by atoms with E-state index >= 15 is 0 Å². The smallest absolute Gasteiger partial charge is 0.345 e. The summed E-state index contributed by atoms with van der Waals surface area (Å²) in [5, 5.41) is 0. The van der Waals surface area contributed by atoms with Gasteiger partial charge in [-0.15, -0.1) is 0 Å². The fraction of sp³-hybridized carbons (Fsp3) is 0.850. The molecule has 2 aliphatic carbocycles. The molecule has 2 saturated carbocycles. The van der Waals surface area contributed by atoms with Crippen LogP contribution < -0.4 is 0 Å². The van der Waals surface area contributed by atoms with Crippen LogP contribution in [0.2, 0.25) is 0 Å². The summed E-state index contributed by atoms with van der Waals surface area (Å²) in [7, 11) is 0. The summed E-state index contributed by atoms with van der Waals surface area (Å²) in [5.41, 5.74) is -0.726. The maximum absolute atomic E-state index is 12.0. The molecular weight excluding hydrogens is 463 g/mol. The number of alkyl halides is 1. The molecule has 0 amide bonds. The van der Waals surface area contributed by atoms with Crippen LogP contribution in [0, 0.1) is 23.2 Å². The van der Waals surface area contributed by atoms with Crippen LogP contribution in [0.1, 0.15) is 65.7 Å². The molecule has 27 heavy (non-hydrogen) atoms. The number of Topliss-reactive ketones (excluding diaryl/α,β-unsaturated/α-hetero) is 1. The van der Waals surface area contributed by atoms with Crippen molar-refractivity contribution in [2.24, 2.45) is 23.2 Å². The zero-order valence-electron chi connectivity index (χ0n) is 16.3. The van der Waals surface area contributed by atoms with E-state index in [1.54, 1.807) is 0 Å². The Bertz CT molecular complexity index is 622. The summed E-state index contributed by atoms with van der Waals surface area (Å²) in [4.78, 5) is 45.7. The summed E-state index contributed by atoms with van der Waals surface area (Å²) in [6, 6.07) is 0. The molecule has 1 saturated heterocycles. The molecule has 3 rings (SSSR count). The Morgan fingerprint density at radius 2 is 1.96 bits per heavy atom. The first-order valence-corrected chi connectivity index (χ1v) is 11.4. The first-order chi connectivity index (χ1) is 12.7. The number of hydrogen-bond donors (Lipinski definition) is 0. The van der Waals surface area contributed by atoms with Crippen molar-refractivity contribution in [1.82, 2.24) is 0 Å². The molecule has 6 atom stereocenters. The zero-order chi connectivity index (χ0) is 19.8. The molecule has 0 radical (unpaired) electrons. The molecular formula is C20H29IO6. The van der Waals surface area contributed by atoms with E-state index in [1.807, 2.05) is 6.92 Å². The average molecular weight is 492 g/mol. The second-order valence-corrected chi connectivity index (χ2v) is 9.60. The standard InChI is InChI=1S/C20H29IO6/c1-12(22)25-17-7-6-15-14(5-4-13(23)11-21)16(8-9-19(15,17)2)20(3)10-18(24)26-27-20/h14-17H,4-11H2,1-3H3/t14-,15-,16-,17-,19-,20-/m0/s1. The molecule has 0 N–H and O–H groups in total. The van der Waals surface area contributed by atoms with Gasteiger partial charge in [-0.1, -0.05) is 29.5 Å². The van der Waals surface area contributed by atoms with Gasteiger partial charge in [0.25, 0.3) is 0 Å². The minimum Gasteiger partial charge on any atom is -0.462 e. The Balaban J connectivity index is 1.85. The fourth-order valence-corrected chi connectivity index (χ4v) is 6.25. The maximum Gasteiger partial charge on any atom is 0.345 e. The van der Waals surface area contributed by atoms with Gasteiger partial charge in [0.1, 0.15) is 17.5 Å². The highest BCUT2D eigenvalue weighted by molar-refractivity contribution is 14.1. The minimum absolute atomic E-state index is 0.0705. The highest BCUT2D eigenvalue weighted by Crippen LogP contribution is 2.60. The van der Waals surface area contributed by atoms with Crippen LogP contribution in [0.4, 0.5) is 0 Å². The summed E-state index contributed by atoms with van der Waals surface area (Å²) >= 11 is 2.11. The van der Waals surface area contributed by atoms with Gasteiger partial charge in [-0.05, 0) is 56.8 Å². The highest BCUT2D eigenvalue weighted by Gasteiger charge is 2.60. The van der Waals surface area contributed by atoms with E-state index in [0.717, 1.165) is 32.1 Å².